The maximum absolute atomic E-state index is 12.4. The average Bonchev–Trinajstić information content (AvgIpc) is 2.94. The second kappa shape index (κ2) is 7.90. The lowest BCUT2D eigenvalue weighted by Gasteiger charge is -2.25. The van der Waals surface area contributed by atoms with Gasteiger partial charge in [-0.25, -0.2) is 4.79 Å². The SMILES string of the molecule is CCOC(=O)c1cc(C)n(-c2ccc(OC)cc2)c1N(CC)CC. The Morgan fingerprint density at radius 1 is 1.12 bits per heavy atom. The molecule has 130 valence electrons. The van der Waals surface area contributed by atoms with E-state index in [-0.39, 0.29) is 5.97 Å². The summed E-state index contributed by atoms with van der Waals surface area (Å²) in [5, 5.41) is 0. The molecule has 0 radical (unpaired) electrons. The van der Waals surface area contributed by atoms with Crippen LogP contribution in [-0.2, 0) is 4.74 Å². The van der Waals surface area contributed by atoms with Gasteiger partial charge in [0.2, 0.25) is 0 Å². The summed E-state index contributed by atoms with van der Waals surface area (Å²) in [6.07, 6.45) is 0. The Kier molecular flexibility index (Phi) is 5.90. The number of anilines is 1. The van der Waals surface area contributed by atoms with Gasteiger partial charge in [-0.05, 0) is 58.0 Å². The maximum Gasteiger partial charge on any atom is 0.341 e. The Labute approximate surface area is 143 Å². The summed E-state index contributed by atoms with van der Waals surface area (Å²) in [5.41, 5.74) is 2.59. The Morgan fingerprint density at radius 2 is 1.75 bits per heavy atom. The Hall–Kier alpha value is -2.43. The van der Waals surface area contributed by atoms with Gasteiger partial charge in [0.1, 0.15) is 17.1 Å². The standard InChI is InChI=1S/C19H26N2O3/c1-6-20(7-2)18-17(19(22)24-8-3)13-14(4)21(18)15-9-11-16(23-5)12-10-15/h9-13H,6-8H2,1-5H3. The molecule has 2 rings (SSSR count). The van der Waals surface area contributed by atoms with E-state index < -0.39 is 0 Å². The van der Waals surface area contributed by atoms with E-state index in [1.165, 1.54) is 0 Å². The molecule has 5 nitrogen and oxygen atoms in total. The van der Waals surface area contributed by atoms with Gasteiger partial charge < -0.3 is 18.9 Å². The minimum absolute atomic E-state index is 0.283. The van der Waals surface area contributed by atoms with Crippen molar-refractivity contribution in [2.24, 2.45) is 0 Å². The number of rotatable bonds is 7. The number of hydrogen-bond acceptors (Lipinski definition) is 4. The van der Waals surface area contributed by atoms with Gasteiger partial charge in [0, 0.05) is 24.5 Å². The van der Waals surface area contributed by atoms with Gasteiger partial charge in [0.15, 0.2) is 0 Å². The predicted molar refractivity (Wildman–Crippen MR) is 96.6 cm³/mol. The normalized spacial score (nSPS) is 10.5. The highest BCUT2D eigenvalue weighted by Gasteiger charge is 2.24. The van der Waals surface area contributed by atoms with Crippen molar-refractivity contribution in [1.82, 2.24) is 4.57 Å². The van der Waals surface area contributed by atoms with E-state index in [0.29, 0.717) is 12.2 Å². The third-order valence-electron chi connectivity index (χ3n) is 4.05. The van der Waals surface area contributed by atoms with E-state index in [1.54, 1.807) is 7.11 Å². The lowest BCUT2D eigenvalue weighted by atomic mass is 10.2. The maximum atomic E-state index is 12.4. The van der Waals surface area contributed by atoms with E-state index in [2.05, 4.69) is 23.3 Å². The van der Waals surface area contributed by atoms with Gasteiger partial charge in [-0.1, -0.05) is 0 Å². The Balaban J connectivity index is 2.62. The first-order valence-electron chi connectivity index (χ1n) is 8.36. The second-order valence-electron chi connectivity index (χ2n) is 5.45. The molecule has 0 bridgehead atoms. The highest BCUT2D eigenvalue weighted by molar-refractivity contribution is 5.96. The van der Waals surface area contributed by atoms with Crippen molar-refractivity contribution in [3.05, 3.63) is 41.6 Å². The molecule has 5 heteroatoms. The molecular formula is C19H26N2O3. The number of nitrogens with zero attached hydrogens (tertiary/aromatic N) is 2. The Bertz CT molecular complexity index is 685. The molecule has 0 fully saturated rings. The highest BCUT2D eigenvalue weighted by Crippen LogP contribution is 2.30. The fourth-order valence-corrected chi connectivity index (χ4v) is 2.88. The molecule has 0 saturated heterocycles. The number of carbonyl (C=O) groups is 1. The molecule has 0 unspecified atom stereocenters. The van der Waals surface area contributed by atoms with Gasteiger partial charge in [-0.3, -0.25) is 0 Å². The minimum Gasteiger partial charge on any atom is -0.497 e. The van der Waals surface area contributed by atoms with Gasteiger partial charge in [0.05, 0.1) is 13.7 Å². The fourth-order valence-electron chi connectivity index (χ4n) is 2.88. The monoisotopic (exact) mass is 330 g/mol. The molecule has 0 aliphatic heterocycles. The van der Waals surface area contributed by atoms with Crippen LogP contribution in [0, 0.1) is 6.92 Å². The summed E-state index contributed by atoms with van der Waals surface area (Å²) in [7, 11) is 1.65. The van der Waals surface area contributed by atoms with Crippen LogP contribution in [0.1, 0.15) is 36.8 Å². The number of methoxy groups -OCH3 is 1. The number of esters is 1. The van der Waals surface area contributed by atoms with Crippen LogP contribution in [-0.4, -0.2) is 37.3 Å². The number of aromatic nitrogens is 1. The van der Waals surface area contributed by atoms with Gasteiger partial charge in [-0.2, -0.15) is 0 Å². The largest absolute Gasteiger partial charge is 0.497 e. The first-order chi connectivity index (χ1) is 11.6. The number of hydrogen-bond donors (Lipinski definition) is 0. The molecule has 0 N–H and O–H groups in total. The minimum atomic E-state index is -0.283. The smallest absolute Gasteiger partial charge is 0.341 e. The number of aryl methyl sites for hydroxylation is 1. The van der Waals surface area contributed by atoms with E-state index in [4.69, 9.17) is 9.47 Å². The molecule has 24 heavy (non-hydrogen) atoms. The third kappa shape index (κ3) is 3.40. The second-order valence-corrected chi connectivity index (χ2v) is 5.45. The van der Waals surface area contributed by atoms with Crippen LogP contribution in [0.2, 0.25) is 0 Å². The summed E-state index contributed by atoms with van der Waals surface area (Å²) >= 11 is 0. The molecule has 2 aromatic rings. The van der Waals surface area contributed by atoms with Crippen molar-refractivity contribution in [3.8, 4) is 11.4 Å². The van der Waals surface area contributed by atoms with Gasteiger partial charge in [-0.15, -0.1) is 0 Å². The van der Waals surface area contributed by atoms with Crippen molar-refractivity contribution in [1.29, 1.82) is 0 Å². The van der Waals surface area contributed by atoms with Crippen molar-refractivity contribution in [2.75, 3.05) is 31.7 Å². The summed E-state index contributed by atoms with van der Waals surface area (Å²) in [6.45, 7) is 9.97. The first-order valence-corrected chi connectivity index (χ1v) is 8.36. The lowest BCUT2D eigenvalue weighted by molar-refractivity contribution is 0.0527. The van der Waals surface area contributed by atoms with Crippen molar-refractivity contribution in [3.63, 3.8) is 0 Å². The molecule has 0 aliphatic rings. The molecule has 1 heterocycles. The third-order valence-corrected chi connectivity index (χ3v) is 4.05. The summed E-state index contributed by atoms with van der Waals surface area (Å²) in [6, 6.07) is 9.73. The van der Waals surface area contributed by atoms with Crippen LogP contribution in [0.4, 0.5) is 5.82 Å². The summed E-state index contributed by atoms with van der Waals surface area (Å²) in [4.78, 5) is 14.6. The van der Waals surface area contributed by atoms with Crippen LogP contribution in [0.15, 0.2) is 30.3 Å². The lowest BCUT2D eigenvalue weighted by Crippen LogP contribution is -2.26. The number of ether oxygens (including phenoxy) is 2. The molecule has 0 atom stereocenters. The molecule has 1 aromatic carbocycles. The van der Waals surface area contributed by atoms with E-state index in [0.717, 1.165) is 36.0 Å². The van der Waals surface area contributed by atoms with Gasteiger partial charge in [0.25, 0.3) is 0 Å². The van der Waals surface area contributed by atoms with E-state index in [9.17, 15) is 4.79 Å². The van der Waals surface area contributed by atoms with Crippen LogP contribution < -0.4 is 9.64 Å². The van der Waals surface area contributed by atoms with Crippen LogP contribution in [0.5, 0.6) is 5.75 Å². The van der Waals surface area contributed by atoms with Crippen LogP contribution in [0.3, 0.4) is 0 Å². The fraction of sp³-hybridized carbons (Fsp3) is 0.421. The topological polar surface area (TPSA) is 43.7 Å². The van der Waals surface area contributed by atoms with Crippen molar-refractivity contribution >= 4 is 11.8 Å². The van der Waals surface area contributed by atoms with Crippen LogP contribution >= 0.6 is 0 Å². The molecule has 0 amide bonds. The van der Waals surface area contributed by atoms with Crippen molar-refractivity contribution in [2.45, 2.75) is 27.7 Å². The zero-order valence-corrected chi connectivity index (χ0v) is 15.1. The molecule has 0 saturated carbocycles. The summed E-state index contributed by atoms with van der Waals surface area (Å²) < 4.78 is 12.6. The van der Waals surface area contributed by atoms with Crippen molar-refractivity contribution < 1.29 is 14.3 Å². The predicted octanol–water partition coefficient (Wildman–Crippen LogP) is 3.82. The summed E-state index contributed by atoms with van der Waals surface area (Å²) in [5.74, 6) is 1.40. The average molecular weight is 330 g/mol. The molecule has 1 aromatic heterocycles. The molecule has 0 aliphatic carbocycles. The highest BCUT2D eigenvalue weighted by atomic mass is 16.5. The van der Waals surface area contributed by atoms with Crippen LogP contribution in [0.25, 0.3) is 5.69 Å². The van der Waals surface area contributed by atoms with E-state index >= 15 is 0 Å². The quantitative estimate of drug-likeness (QED) is 0.724. The zero-order chi connectivity index (χ0) is 17.7. The first kappa shape index (κ1) is 17.9. The van der Waals surface area contributed by atoms with E-state index in [1.807, 2.05) is 44.2 Å². The number of benzene rings is 1. The zero-order valence-electron chi connectivity index (χ0n) is 15.1. The molecular weight excluding hydrogens is 304 g/mol. The Morgan fingerprint density at radius 3 is 2.25 bits per heavy atom. The van der Waals surface area contributed by atoms with Gasteiger partial charge >= 0.3 is 5.97 Å². The number of carbonyl (C=O) groups excluding carboxylic acids is 1. The molecule has 0 spiro atoms.